The van der Waals surface area contributed by atoms with Crippen molar-refractivity contribution in [2.45, 2.75) is 47.7 Å². The summed E-state index contributed by atoms with van der Waals surface area (Å²) >= 11 is 7.77. The molecule has 0 aliphatic carbocycles. The summed E-state index contributed by atoms with van der Waals surface area (Å²) < 4.78 is 29.2. The number of rotatable bonds is 15. The van der Waals surface area contributed by atoms with E-state index in [-0.39, 0.29) is 33.9 Å². The van der Waals surface area contributed by atoms with Gasteiger partial charge in [0.2, 0.25) is 0 Å². The third-order valence-electron chi connectivity index (χ3n) is 10.5. The van der Waals surface area contributed by atoms with Crippen LogP contribution in [0.3, 0.4) is 0 Å². The lowest BCUT2D eigenvalue weighted by atomic mass is 9.92. The molecule has 2 N–H and O–H groups in total. The Morgan fingerprint density at radius 2 is 1.81 bits per heavy atom. The zero-order chi connectivity index (χ0) is 40.8. The Labute approximate surface area is 348 Å². The number of hydrogen-bond acceptors (Lipinski definition) is 11. The molecular formula is C43H46ClN7O5S2. The second-order valence-corrected chi connectivity index (χ2v) is 18.1. The summed E-state index contributed by atoms with van der Waals surface area (Å²) in [6.07, 6.45) is 4.14. The number of nitro groups is 1. The molecule has 0 radical (unpaired) electrons. The lowest BCUT2D eigenvalue weighted by Crippen LogP contribution is -2.54. The molecule has 0 bridgehead atoms. The summed E-state index contributed by atoms with van der Waals surface area (Å²) in [6, 6.07) is 30.9. The minimum absolute atomic E-state index is 0.141. The van der Waals surface area contributed by atoms with E-state index in [9.17, 15) is 23.3 Å². The maximum atomic E-state index is 13.5. The van der Waals surface area contributed by atoms with Crippen LogP contribution in [-0.4, -0.2) is 92.1 Å². The Morgan fingerprint density at radius 3 is 2.57 bits per heavy atom. The number of nitrogens with one attached hydrogen (secondary N) is 2. The number of thioether (sulfide) groups is 1. The fraction of sp³-hybridized carbons (Fsp3) is 0.302. The zero-order valence-electron chi connectivity index (χ0n) is 32.4. The highest BCUT2D eigenvalue weighted by Crippen LogP contribution is 2.35. The van der Waals surface area contributed by atoms with Crippen LogP contribution in [0.15, 0.2) is 119 Å². The smallest absolute Gasteiger partial charge is 0.293 e. The summed E-state index contributed by atoms with van der Waals surface area (Å²) in [5.74, 6) is -0.157. The van der Waals surface area contributed by atoms with Crippen molar-refractivity contribution in [3.8, 4) is 11.3 Å². The van der Waals surface area contributed by atoms with Crippen LogP contribution in [0.2, 0.25) is 5.02 Å². The number of aromatic nitrogens is 1. The molecule has 0 unspecified atom stereocenters. The maximum Gasteiger partial charge on any atom is 0.293 e. The van der Waals surface area contributed by atoms with Gasteiger partial charge in [0, 0.05) is 83.0 Å². The Kier molecular flexibility index (Phi) is 13.0. The first-order valence-corrected chi connectivity index (χ1v) is 22.0. The van der Waals surface area contributed by atoms with Crippen molar-refractivity contribution in [1.29, 1.82) is 0 Å². The van der Waals surface area contributed by atoms with E-state index in [0.29, 0.717) is 17.2 Å². The third kappa shape index (κ3) is 9.99. The number of benzene rings is 4. The van der Waals surface area contributed by atoms with Gasteiger partial charge in [-0.25, -0.2) is 13.1 Å². The Balaban J connectivity index is 1.000. The molecular weight excluding hydrogens is 794 g/mol. The van der Waals surface area contributed by atoms with Crippen molar-refractivity contribution in [1.82, 2.24) is 19.5 Å². The average Bonchev–Trinajstić information content (AvgIpc) is 3.22. The minimum Gasteiger partial charge on any atom is -0.376 e. The first-order chi connectivity index (χ1) is 27.9. The van der Waals surface area contributed by atoms with E-state index < -0.39 is 20.9 Å². The zero-order valence-corrected chi connectivity index (χ0v) is 34.8. The van der Waals surface area contributed by atoms with Gasteiger partial charge >= 0.3 is 0 Å². The fourth-order valence-corrected chi connectivity index (χ4v) is 9.68. The summed E-state index contributed by atoms with van der Waals surface area (Å²) in [4.78, 5) is 37.3. The lowest BCUT2D eigenvalue weighted by Gasteiger charge is -2.46. The number of aryl methyl sites for hydroxylation is 1. The normalized spacial score (nSPS) is 16.0. The van der Waals surface area contributed by atoms with Crippen molar-refractivity contribution < 1.29 is 18.1 Å². The molecule has 0 saturated carbocycles. The van der Waals surface area contributed by atoms with Crippen LogP contribution in [0.4, 0.5) is 17.1 Å². The van der Waals surface area contributed by atoms with Crippen molar-refractivity contribution in [2.24, 2.45) is 0 Å². The number of carbonyl (C=O) groups excluding carboxylic acids is 1. The number of halogens is 1. The fourth-order valence-electron chi connectivity index (χ4n) is 7.57. The summed E-state index contributed by atoms with van der Waals surface area (Å²) in [6.45, 7) is 4.04. The van der Waals surface area contributed by atoms with Crippen LogP contribution in [0.1, 0.15) is 34.3 Å². The first kappa shape index (κ1) is 41.2. The maximum absolute atomic E-state index is 13.5. The number of nitro benzene ring substituents is 1. The van der Waals surface area contributed by atoms with Gasteiger partial charge in [-0.1, -0.05) is 48.0 Å². The Morgan fingerprint density at radius 1 is 1.02 bits per heavy atom. The number of amides is 1. The van der Waals surface area contributed by atoms with Crippen molar-refractivity contribution in [3.05, 3.63) is 141 Å². The molecule has 0 spiro atoms. The molecule has 4 aromatic carbocycles. The highest BCUT2D eigenvalue weighted by Gasteiger charge is 2.33. The summed E-state index contributed by atoms with van der Waals surface area (Å²) in [5.41, 5.74) is 5.18. The van der Waals surface area contributed by atoms with Gasteiger partial charge in [0.25, 0.3) is 21.6 Å². The monoisotopic (exact) mass is 839 g/mol. The number of pyridine rings is 1. The number of hydrogen-bond donors (Lipinski definition) is 2. The molecule has 1 saturated heterocycles. The summed E-state index contributed by atoms with van der Waals surface area (Å²) in [5, 5.41) is 16.2. The lowest BCUT2D eigenvalue weighted by molar-refractivity contribution is -0.384. The van der Waals surface area contributed by atoms with Gasteiger partial charge in [0.1, 0.15) is 5.69 Å². The van der Waals surface area contributed by atoms with E-state index in [0.717, 1.165) is 84.6 Å². The largest absolute Gasteiger partial charge is 0.376 e. The number of fused-ring (bicyclic) bond motifs is 3. The molecule has 58 heavy (non-hydrogen) atoms. The first-order valence-electron chi connectivity index (χ1n) is 19.2. The highest BCUT2D eigenvalue weighted by atomic mass is 35.5. The molecule has 2 aliphatic rings. The number of nitrogens with zero attached hydrogens (tertiary/aromatic N) is 5. The molecule has 3 heterocycles. The van der Waals surface area contributed by atoms with Gasteiger partial charge in [-0.2, -0.15) is 0 Å². The molecule has 1 fully saturated rings. The van der Waals surface area contributed by atoms with E-state index in [2.05, 4.69) is 30.9 Å². The highest BCUT2D eigenvalue weighted by molar-refractivity contribution is 7.99. The molecule has 1 aromatic heterocycles. The Hall–Kier alpha value is -4.99. The van der Waals surface area contributed by atoms with Crippen LogP contribution in [0.25, 0.3) is 11.3 Å². The minimum atomic E-state index is -4.44. The predicted molar refractivity (Wildman–Crippen MR) is 231 cm³/mol. The molecule has 5 aromatic rings. The van der Waals surface area contributed by atoms with Gasteiger partial charge in [-0.05, 0) is 112 Å². The van der Waals surface area contributed by atoms with Crippen molar-refractivity contribution >= 4 is 56.4 Å². The van der Waals surface area contributed by atoms with E-state index in [1.165, 1.54) is 12.1 Å². The van der Waals surface area contributed by atoms with E-state index >= 15 is 0 Å². The van der Waals surface area contributed by atoms with E-state index in [1.807, 2.05) is 91.9 Å². The molecule has 302 valence electrons. The van der Waals surface area contributed by atoms with E-state index in [4.69, 9.17) is 11.6 Å². The second-order valence-electron chi connectivity index (χ2n) is 14.9. The number of sulfonamides is 1. The van der Waals surface area contributed by atoms with Crippen LogP contribution in [0.5, 0.6) is 0 Å². The van der Waals surface area contributed by atoms with Crippen LogP contribution in [-0.2, 0) is 23.0 Å². The van der Waals surface area contributed by atoms with Crippen LogP contribution < -0.4 is 14.9 Å². The SMILES string of the molecule is CN(C)CC[C@H](CSc1ccccc1)Nc1ccc(S(=O)(=O)NC(=O)c2ccc3c(c2)CC[C@@H]2CN(Cc4cccnc4-c4ccc(Cl)cc4)CCN32)cc1[N+](=O)[O-]. The van der Waals surface area contributed by atoms with Gasteiger partial charge in [0.15, 0.2) is 0 Å². The number of piperazine rings is 1. The predicted octanol–water partition coefficient (Wildman–Crippen LogP) is 7.59. The standard InChI is InChI=1S/C43H46ClN7O5S2/c1-48(2)22-20-35(29-57-37-8-4-3-5-9-37)46-39-18-17-38(26-41(39)51(53)54)58(55,56)47-43(52)32-13-19-40-31(25-32)12-16-36-28-49(23-24-50(36)40)27-33-7-6-21-45-42(33)30-10-14-34(44)15-11-30/h3-11,13-15,17-19,21,25-26,35-36,46H,12,16,20,22-24,27-29H2,1-2H3,(H,47,52)/t35-,36-/m1/s1. The molecule has 2 atom stereocenters. The molecule has 15 heteroatoms. The van der Waals surface area contributed by atoms with Crippen LogP contribution in [0, 0.1) is 10.1 Å². The van der Waals surface area contributed by atoms with Gasteiger partial charge in [-0.15, -0.1) is 11.8 Å². The second kappa shape index (κ2) is 18.3. The quantitative estimate of drug-likeness (QED) is 0.0612. The van der Waals surface area contributed by atoms with Crippen molar-refractivity contribution in [3.63, 3.8) is 0 Å². The third-order valence-corrected chi connectivity index (χ3v) is 13.3. The molecule has 2 aliphatic heterocycles. The van der Waals surface area contributed by atoms with Gasteiger partial charge < -0.3 is 15.1 Å². The number of anilines is 2. The number of carbonyl (C=O) groups is 1. The van der Waals surface area contributed by atoms with Crippen molar-refractivity contribution in [2.75, 3.05) is 56.2 Å². The molecule has 7 rings (SSSR count). The van der Waals surface area contributed by atoms with E-state index in [1.54, 1.807) is 23.9 Å². The van der Waals surface area contributed by atoms with Gasteiger partial charge in [0.05, 0.1) is 15.5 Å². The average molecular weight is 840 g/mol. The molecule has 1 amide bonds. The van der Waals surface area contributed by atoms with Gasteiger partial charge in [-0.3, -0.25) is 24.8 Å². The van der Waals surface area contributed by atoms with Crippen LogP contribution >= 0.6 is 23.4 Å². The topological polar surface area (TPSA) is 141 Å². The molecule has 12 nitrogen and oxygen atoms in total. The summed E-state index contributed by atoms with van der Waals surface area (Å²) in [7, 11) is -0.516. The Bertz CT molecular complexity index is 2370.